The molecule has 0 bridgehead atoms. The number of nitrogens with zero attached hydrogens (tertiary/aromatic N) is 4. The van der Waals surface area contributed by atoms with Crippen LogP contribution in [0.2, 0.25) is 4.34 Å². The molecule has 0 amide bonds. The first-order valence-electron chi connectivity index (χ1n) is 14.7. The number of benzene rings is 1. The van der Waals surface area contributed by atoms with E-state index in [9.17, 15) is 31.5 Å². The van der Waals surface area contributed by atoms with E-state index in [0.717, 1.165) is 11.3 Å². The van der Waals surface area contributed by atoms with E-state index < -0.39 is 54.0 Å². The van der Waals surface area contributed by atoms with Crippen LogP contribution in [0.5, 0.6) is 0 Å². The number of halogens is 6. The van der Waals surface area contributed by atoms with E-state index in [1.54, 1.807) is 23.2 Å². The smallest absolute Gasteiger partial charge is 0.335 e. The molecule has 0 saturated carbocycles. The molecule has 3 aliphatic heterocycles. The fourth-order valence-electron chi connectivity index (χ4n) is 5.97. The van der Waals surface area contributed by atoms with Gasteiger partial charge in [-0.2, -0.15) is 13.9 Å². The number of carbonyl (C=O) groups is 2. The number of aliphatic hydroxyl groups excluding tert-OH is 2. The minimum atomic E-state index is -3.05. The van der Waals surface area contributed by atoms with Gasteiger partial charge in [-0.15, -0.1) is 11.3 Å². The van der Waals surface area contributed by atoms with Crippen LogP contribution in [0.3, 0.4) is 0 Å². The SMILES string of the molecule is Cc1nn(-c2c(F)cccc2CN2CC(F)(F)C2)cc1CN1CCC2(CC1)OCC(F)(F)c1cc(Cl)sc12.O=C(O)[C@H](O)[C@@H](O)C(=O)O. The lowest BCUT2D eigenvalue weighted by atomic mass is 9.84. The average Bonchev–Trinajstić information content (AvgIpc) is 3.58. The molecule has 2 saturated heterocycles. The third-order valence-electron chi connectivity index (χ3n) is 8.51. The summed E-state index contributed by atoms with van der Waals surface area (Å²) >= 11 is 7.27. The molecule has 18 heteroatoms. The Morgan fingerprint density at radius 1 is 1.02 bits per heavy atom. The molecule has 4 N–H and O–H groups in total. The van der Waals surface area contributed by atoms with Crippen LogP contribution in [-0.4, -0.2) is 103 Å². The molecule has 1 spiro atoms. The lowest BCUT2D eigenvalue weighted by Crippen LogP contribution is -2.55. The highest BCUT2D eigenvalue weighted by Gasteiger charge is 2.51. The number of aliphatic hydroxyl groups is 2. The monoisotopic (exact) mass is 722 g/mol. The molecule has 48 heavy (non-hydrogen) atoms. The molecule has 2 atom stereocenters. The molecule has 2 aromatic heterocycles. The normalized spacial score (nSPS) is 21.0. The zero-order chi connectivity index (χ0) is 35.2. The first-order chi connectivity index (χ1) is 22.4. The number of piperidine rings is 1. The summed E-state index contributed by atoms with van der Waals surface area (Å²) in [5.74, 6) is -9.75. The molecule has 3 aromatic rings. The zero-order valence-corrected chi connectivity index (χ0v) is 27.0. The van der Waals surface area contributed by atoms with Crippen molar-refractivity contribution in [2.24, 2.45) is 0 Å². The Bertz CT molecular complexity index is 1650. The van der Waals surface area contributed by atoms with Gasteiger partial charge in [0.25, 0.3) is 11.8 Å². The van der Waals surface area contributed by atoms with E-state index in [2.05, 4.69) is 10.00 Å². The first-order valence-corrected chi connectivity index (χ1v) is 15.9. The van der Waals surface area contributed by atoms with Crippen molar-refractivity contribution in [2.75, 3.05) is 32.8 Å². The molecule has 0 aliphatic carbocycles. The Hall–Kier alpha value is -3.19. The summed E-state index contributed by atoms with van der Waals surface area (Å²) < 4.78 is 78.0. The average molecular weight is 723 g/mol. The molecule has 262 valence electrons. The third kappa shape index (κ3) is 7.51. The van der Waals surface area contributed by atoms with Crippen LogP contribution in [-0.2, 0) is 38.9 Å². The summed E-state index contributed by atoms with van der Waals surface area (Å²) in [5.41, 5.74) is 1.70. The van der Waals surface area contributed by atoms with Crippen LogP contribution in [0.1, 0.15) is 40.1 Å². The Kier molecular flexibility index (Phi) is 10.2. The molecule has 11 nitrogen and oxygen atoms in total. The van der Waals surface area contributed by atoms with Crippen LogP contribution in [0, 0.1) is 12.7 Å². The fourth-order valence-corrected chi connectivity index (χ4v) is 7.45. The van der Waals surface area contributed by atoms with Gasteiger partial charge in [-0.05, 0) is 37.5 Å². The summed E-state index contributed by atoms with van der Waals surface area (Å²) in [6.07, 6.45) is -1.65. The molecular formula is C30H32ClF5N4O7S. The lowest BCUT2D eigenvalue weighted by Gasteiger charge is -2.45. The predicted molar refractivity (Wildman–Crippen MR) is 161 cm³/mol. The second-order valence-electron chi connectivity index (χ2n) is 12.1. The minimum absolute atomic E-state index is 0.0213. The van der Waals surface area contributed by atoms with Gasteiger partial charge in [0.05, 0.1) is 23.1 Å². The molecule has 0 unspecified atom stereocenters. The second-order valence-corrected chi connectivity index (χ2v) is 13.7. The molecule has 3 aliphatic rings. The highest BCUT2D eigenvalue weighted by atomic mass is 35.5. The lowest BCUT2D eigenvalue weighted by molar-refractivity contribution is -0.182. The highest BCUT2D eigenvalue weighted by molar-refractivity contribution is 7.16. The number of thiophene rings is 1. The van der Waals surface area contributed by atoms with Gasteiger partial charge >= 0.3 is 11.9 Å². The van der Waals surface area contributed by atoms with Crippen molar-refractivity contribution in [2.45, 2.75) is 62.5 Å². The Morgan fingerprint density at radius 2 is 1.62 bits per heavy atom. The van der Waals surface area contributed by atoms with Crippen molar-refractivity contribution in [3.8, 4) is 5.69 Å². The van der Waals surface area contributed by atoms with Crippen LogP contribution in [0.15, 0.2) is 30.5 Å². The maximum atomic E-state index is 14.9. The number of alkyl halides is 4. The van der Waals surface area contributed by atoms with E-state index in [1.807, 2.05) is 6.92 Å². The molecule has 0 radical (unpaired) electrons. The molecule has 6 rings (SSSR count). The molecule has 5 heterocycles. The third-order valence-corrected chi connectivity index (χ3v) is 9.96. The number of aromatic nitrogens is 2. The Morgan fingerprint density at radius 3 is 2.21 bits per heavy atom. The van der Waals surface area contributed by atoms with Gasteiger partial charge in [-0.25, -0.2) is 27.4 Å². The van der Waals surface area contributed by atoms with Crippen molar-refractivity contribution in [1.82, 2.24) is 19.6 Å². The number of likely N-dealkylation sites (tertiary alicyclic amines) is 2. The maximum Gasteiger partial charge on any atom is 0.335 e. The number of ether oxygens (including phenoxy) is 1. The number of hydrogen-bond donors (Lipinski definition) is 4. The van der Waals surface area contributed by atoms with E-state index in [4.69, 9.17) is 36.8 Å². The summed E-state index contributed by atoms with van der Waals surface area (Å²) in [6, 6.07) is 6.00. The van der Waals surface area contributed by atoms with Crippen LogP contribution < -0.4 is 0 Å². The van der Waals surface area contributed by atoms with Gasteiger partial charge in [0.1, 0.15) is 23.7 Å². The topological polar surface area (TPSA) is 149 Å². The van der Waals surface area contributed by atoms with Gasteiger partial charge in [-0.1, -0.05) is 23.7 Å². The number of aliphatic carboxylic acids is 2. The van der Waals surface area contributed by atoms with Crippen LogP contribution in [0.25, 0.3) is 5.69 Å². The fraction of sp³-hybridized carbons (Fsp3) is 0.500. The maximum absolute atomic E-state index is 14.9. The van der Waals surface area contributed by atoms with E-state index in [-0.39, 0.29) is 30.9 Å². The van der Waals surface area contributed by atoms with Gasteiger partial charge in [0.2, 0.25) is 0 Å². The second kappa shape index (κ2) is 13.6. The highest BCUT2D eigenvalue weighted by Crippen LogP contribution is 2.52. The van der Waals surface area contributed by atoms with E-state index in [1.165, 1.54) is 28.2 Å². The number of rotatable bonds is 8. The summed E-state index contributed by atoms with van der Waals surface area (Å²) in [7, 11) is 0. The molecular weight excluding hydrogens is 691 g/mol. The standard InChI is InChI=1S/C26H26ClF5N4OS.C4H6O6/c1-16-18(12-36(33-16)22-17(3-2-4-20(22)28)10-35-13-25(29,30)14-35)11-34-7-5-24(6-8-34)23-19(9-21(27)38-23)26(31,32)15-37-24;5-1(3(7)8)2(6)4(9)10/h2-4,9,12H,5-8,10-11,13-15H2,1H3;1-2,5-6H,(H,7,8)(H,9,10)/t;1-,2-/m.1/s1. The zero-order valence-electron chi connectivity index (χ0n) is 25.4. The van der Waals surface area contributed by atoms with Crippen molar-refractivity contribution >= 4 is 34.9 Å². The first kappa shape index (κ1) is 36.1. The summed E-state index contributed by atoms with van der Waals surface area (Å²) in [4.78, 5) is 23.8. The number of carboxylic acid groups (broad SMARTS) is 2. The van der Waals surface area contributed by atoms with Crippen molar-refractivity contribution < 1.29 is 56.7 Å². The van der Waals surface area contributed by atoms with Crippen molar-refractivity contribution in [3.05, 3.63) is 67.9 Å². The van der Waals surface area contributed by atoms with Gasteiger partial charge < -0.3 is 25.2 Å². The van der Waals surface area contributed by atoms with E-state index in [0.29, 0.717) is 47.3 Å². The Labute approximate surface area is 279 Å². The number of fused-ring (bicyclic) bond motifs is 2. The van der Waals surface area contributed by atoms with Gasteiger partial charge in [-0.3, -0.25) is 9.80 Å². The predicted octanol–water partition coefficient (Wildman–Crippen LogP) is 3.98. The van der Waals surface area contributed by atoms with E-state index >= 15 is 0 Å². The molecule has 1 aromatic carbocycles. The number of hydrogen-bond acceptors (Lipinski definition) is 9. The number of carboxylic acids is 2. The summed E-state index contributed by atoms with van der Waals surface area (Å²) in [6.45, 7) is 2.52. The summed E-state index contributed by atoms with van der Waals surface area (Å²) in [5, 5.41) is 37.1. The van der Waals surface area contributed by atoms with Crippen molar-refractivity contribution in [3.63, 3.8) is 0 Å². The van der Waals surface area contributed by atoms with Crippen LogP contribution >= 0.6 is 22.9 Å². The quantitative estimate of drug-likeness (QED) is 0.252. The number of para-hydroxylation sites is 1. The molecule has 2 fully saturated rings. The largest absolute Gasteiger partial charge is 0.479 e. The minimum Gasteiger partial charge on any atom is -0.479 e. The number of aryl methyl sites for hydroxylation is 1. The van der Waals surface area contributed by atoms with Gasteiger partial charge in [0, 0.05) is 48.4 Å². The van der Waals surface area contributed by atoms with Crippen LogP contribution in [0.4, 0.5) is 22.0 Å². The van der Waals surface area contributed by atoms with Crippen molar-refractivity contribution in [1.29, 1.82) is 0 Å². The Balaban J connectivity index is 0.000000393. The van der Waals surface area contributed by atoms with Gasteiger partial charge in [0.15, 0.2) is 12.2 Å².